The molecule has 8 heteroatoms. The largest absolute Gasteiger partial charge is 0.328 e. The fourth-order valence-electron chi connectivity index (χ4n) is 5.82. The van der Waals surface area contributed by atoms with Crippen LogP contribution in [0.15, 0.2) is 54.6 Å². The van der Waals surface area contributed by atoms with E-state index in [0.29, 0.717) is 62.0 Å². The van der Waals surface area contributed by atoms with Crippen molar-refractivity contribution in [2.75, 3.05) is 19.6 Å². The van der Waals surface area contributed by atoms with Crippen LogP contribution in [0.25, 0.3) is 0 Å². The summed E-state index contributed by atoms with van der Waals surface area (Å²) in [6, 6.07) is 16.2. The Balaban J connectivity index is 1.33. The number of likely N-dealkylation sites (tertiary alicyclic amines) is 3. The first-order chi connectivity index (χ1) is 18.0. The Morgan fingerprint density at radius 3 is 1.86 bits per heavy atom. The number of Topliss-reactive ketones (excluding diaryl/α,β-unsaturated/α-hetero) is 1. The predicted octanol–water partition coefficient (Wildman–Crippen LogP) is 3.29. The highest BCUT2D eigenvalue weighted by molar-refractivity contribution is 6.06. The lowest BCUT2D eigenvalue weighted by Gasteiger charge is -2.29. The second-order valence-corrected chi connectivity index (χ2v) is 9.94. The number of rotatable bonds is 5. The zero-order valence-electron chi connectivity index (χ0n) is 20.7. The van der Waals surface area contributed by atoms with Gasteiger partial charge in [-0.05, 0) is 56.7 Å². The van der Waals surface area contributed by atoms with Crippen molar-refractivity contribution in [3.8, 4) is 6.07 Å². The number of carbonyl (C=O) groups is 4. The first-order valence-corrected chi connectivity index (χ1v) is 13.0. The van der Waals surface area contributed by atoms with Crippen LogP contribution in [0.2, 0.25) is 0 Å². The summed E-state index contributed by atoms with van der Waals surface area (Å²) < 4.78 is 0. The molecule has 37 heavy (non-hydrogen) atoms. The van der Waals surface area contributed by atoms with Crippen molar-refractivity contribution >= 4 is 23.5 Å². The molecular weight excluding hydrogens is 468 g/mol. The molecule has 0 aliphatic carbocycles. The number of nitrogens with zero attached hydrogens (tertiary/aromatic N) is 4. The molecule has 3 heterocycles. The first-order valence-electron chi connectivity index (χ1n) is 13.0. The van der Waals surface area contributed by atoms with Crippen LogP contribution in [0.4, 0.5) is 0 Å². The fourth-order valence-corrected chi connectivity index (χ4v) is 5.82. The molecule has 0 radical (unpaired) electrons. The van der Waals surface area contributed by atoms with E-state index in [1.807, 2.05) is 18.2 Å². The van der Waals surface area contributed by atoms with Gasteiger partial charge in [-0.3, -0.25) is 19.2 Å². The standard InChI is InChI=1S/C29H30N4O4/c30-19-23-12-5-15-31(23)29(37)25-14-7-17-33(25)28(36)22-11-4-10-21(18-22)27(35)32-16-6-13-24(32)26(34)20-8-2-1-3-9-20/h1-4,8-11,18,23-25H,5-7,12-17H2/t23-,24-,25-/m0/s1. The second-order valence-electron chi connectivity index (χ2n) is 9.94. The van der Waals surface area contributed by atoms with Crippen molar-refractivity contribution in [3.05, 3.63) is 71.3 Å². The minimum absolute atomic E-state index is 0.0744. The molecule has 5 rings (SSSR count). The number of hydrogen-bond acceptors (Lipinski definition) is 5. The molecule has 3 fully saturated rings. The Bertz CT molecular complexity index is 1250. The average Bonchev–Trinajstić information content (AvgIpc) is 3.72. The Hall–Kier alpha value is -3.99. The van der Waals surface area contributed by atoms with Crippen molar-refractivity contribution in [1.82, 2.24) is 14.7 Å². The molecule has 0 saturated carbocycles. The van der Waals surface area contributed by atoms with Crippen LogP contribution in [-0.2, 0) is 4.79 Å². The molecular formula is C29H30N4O4. The maximum absolute atomic E-state index is 13.5. The van der Waals surface area contributed by atoms with Crippen LogP contribution in [0.3, 0.4) is 0 Å². The van der Waals surface area contributed by atoms with Gasteiger partial charge in [0.1, 0.15) is 12.1 Å². The summed E-state index contributed by atoms with van der Waals surface area (Å²) in [5.74, 6) is -0.808. The molecule has 0 spiro atoms. The van der Waals surface area contributed by atoms with Crippen LogP contribution < -0.4 is 0 Å². The van der Waals surface area contributed by atoms with E-state index < -0.39 is 18.1 Å². The van der Waals surface area contributed by atoms with E-state index in [4.69, 9.17) is 0 Å². The summed E-state index contributed by atoms with van der Waals surface area (Å²) in [6.45, 7) is 1.48. The molecule has 3 aliphatic rings. The summed E-state index contributed by atoms with van der Waals surface area (Å²) in [5, 5.41) is 9.39. The van der Waals surface area contributed by atoms with Gasteiger partial charge in [0.2, 0.25) is 5.91 Å². The maximum Gasteiger partial charge on any atom is 0.254 e. The smallest absolute Gasteiger partial charge is 0.254 e. The zero-order chi connectivity index (χ0) is 25.9. The molecule has 3 amide bonds. The summed E-state index contributed by atoms with van der Waals surface area (Å²) in [6.07, 6.45) is 4.08. The van der Waals surface area contributed by atoms with Crippen LogP contribution in [-0.4, -0.2) is 76.0 Å². The van der Waals surface area contributed by atoms with Crippen LogP contribution in [0.5, 0.6) is 0 Å². The van der Waals surface area contributed by atoms with E-state index in [2.05, 4.69) is 6.07 Å². The van der Waals surface area contributed by atoms with Gasteiger partial charge in [-0.1, -0.05) is 36.4 Å². The van der Waals surface area contributed by atoms with Gasteiger partial charge in [-0.2, -0.15) is 5.26 Å². The number of ketones is 1. The summed E-state index contributed by atoms with van der Waals surface area (Å²) in [4.78, 5) is 58.0. The number of carbonyl (C=O) groups excluding carboxylic acids is 4. The monoisotopic (exact) mass is 498 g/mol. The zero-order valence-corrected chi connectivity index (χ0v) is 20.7. The van der Waals surface area contributed by atoms with Crippen molar-refractivity contribution in [2.45, 2.75) is 56.7 Å². The molecule has 3 saturated heterocycles. The van der Waals surface area contributed by atoms with Crippen LogP contribution >= 0.6 is 0 Å². The van der Waals surface area contributed by atoms with Crippen LogP contribution in [0.1, 0.15) is 69.6 Å². The number of nitriles is 1. The molecule has 8 nitrogen and oxygen atoms in total. The highest BCUT2D eigenvalue weighted by Gasteiger charge is 2.41. The van der Waals surface area contributed by atoms with Gasteiger partial charge in [-0.25, -0.2) is 0 Å². The number of benzene rings is 2. The Labute approximate surface area is 216 Å². The quantitative estimate of drug-likeness (QED) is 0.589. The normalized spacial score (nSPS) is 23.2. The second kappa shape index (κ2) is 10.6. The Morgan fingerprint density at radius 2 is 1.22 bits per heavy atom. The van der Waals surface area contributed by atoms with Gasteiger partial charge < -0.3 is 14.7 Å². The topological polar surface area (TPSA) is 102 Å². The van der Waals surface area contributed by atoms with Crippen molar-refractivity contribution in [1.29, 1.82) is 5.26 Å². The van der Waals surface area contributed by atoms with E-state index in [9.17, 15) is 24.4 Å². The maximum atomic E-state index is 13.5. The third-order valence-electron chi connectivity index (χ3n) is 7.71. The van der Waals surface area contributed by atoms with E-state index in [1.54, 1.807) is 51.1 Å². The van der Waals surface area contributed by atoms with E-state index in [-0.39, 0.29) is 23.5 Å². The molecule has 3 aliphatic heterocycles. The van der Waals surface area contributed by atoms with E-state index in [0.717, 1.165) is 12.8 Å². The van der Waals surface area contributed by atoms with Crippen molar-refractivity contribution in [2.24, 2.45) is 0 Å². The lowest BCUT2D eigenvalue weighted by atomic mass is 10.0. The molecule has 0 N–H and O–H groups in total. The molecule has 2 aromatic carbocycles. The Kier molecular flexibility index (Phi) is 7.04. The molecule has 3 atom stereocenters. The minimum Gasteiger partial charge on any atom is -0.328 e. The van der Waals surface area contributed by atoms with Gasteiger partial charge in [-0.15, -0.1) is 0 Å². The van der Waals surface area contributed by atoms with Gasteiger partial charge in [0.05, 0.1) is 12.1 Å². The molecule has 2 aromatic rings. The average molecular weight is 499 g/mol. The lowest BCUT2D eigenvalue weighted by Crippen LogP contribution is -2.49. The van der Waals surface area contributed by atoms with Gasteiger partial charge in [0.25, 0.3) is 11.8 Å². The first kappa shape index (κ1) is 24.7. The summed E-state index contributed by atoms with van der Waals surface area (Å²) in [5.41, 5.74) is 1.27. The number of amides is 3. The Morgan fingerprint density at radius 1 is 0.676 bits per heavy atom. The fraction of sp³-hybridized carbons (Fsp3) is 0.414. The van der Waals surface area contributed by atoms with Crippen LogP contribution in [0, 0.1) is 11.3 Å². The summed E-state index contributed by atoms with van der Waals surface area (Å²) >= 11 is 0. The highest BCUT2D eigenvalue weighted by atomic mass is 16.2. The SMILES string of the molecule is N#C[C@@H]1CCCN1C(=O)[C@@H]1CCCN1C(=O)c1cccc(C(=O)N2CCC[C@H]2C(=O)c2ccccc2)c1. The minimum atomic E-state index is -0.590. The summed E-state index contributed by atoms with van der Waals surface area (Å²) in [7, 11) is 0. The molecule has 0 unspecified atom stereocenters. The molecule has 0 bridgehead atoms. The highest BCUT2D eigenvalue weighted by Crippen LogP contribution is 2.27. The van der Waals surface area contributed by atoms with E-state index in [1.165, 1.54) is 0 Å². The third-order valence-corrected chi connectivity index (χ3v) is 7.71. The lowest BCUT2D eigenvalue weighted by molar-refractivity contribution is -0.135. The molecule has 190 valence electrons. The van der Waals surface area contributed by atoms with E-state index >= 15 is 0 Å². The van der Waals surface area contributed by atoms with Gasteiger partial charge in [0, 0.05) is 36.3 Å². The number of hydrogen-bond donors (Lipinski definition) is 0. The van der Waals surface area contributed by atoms with Gasteiger partial charge >= 0.3 is 0 Å². The van der Waals surface area contributed by atoms with Crippen molar-refractivity contribution in [3.63, 3.8) is 0 Å². The predicted molar refractivity (Wildman–Crippen MR) is 136 cm³/mol. The molecule has 0 aromatic heterocycles. The van der Waals surface area contributed by atoms with Gasteiger partial charge in [0.15, 0.2) is 5.78 Å². The van der Waals surface area contributed by atoms with Crippen molar-refractivity contribution < 1.29 is 19.2 Å². The third kappa shape index (κ3) is 4.74.